The Hall–Kier alpha value is -1.47. The Labute approximate surface area is 116 Å². The number of nitrogens with one attached hydrogen (secondary N) is 1. The lowest BCUT2D eigenvalue weighted by molar-refractivity contribution is -0.141. The fourth-order valence-corrected chi connectivity index (χ4v) is 3.86. The number of carboxylic acid groups (broad SMARTS) is 1. The van der Waals surface area contributed by atoms with Crippen LogP contribution in [0.2, 0.25) is 0 Å². The van der Waals surface area contributed by atoms with Crippen molar-refractivity contribution in [2.75, 3.05) is 0 Å². The molecule has 2 atom stereocenters. The molecule has 0 amide bonds. The molecule has 20 heavy (non-hydrogen) atoms. The number of aliphatic carboxylic acids is 1. The second-order valence-electron chi connectivity index (χ2n) is 5.10. The number of halogens is 1. The summed E-state index contributed by atoms with van der Waals surface area (Å²) < 4.78 is 40.3. The first kappa shape index (κ1) is 14.9. The molecule has 1 aromatic carbocycles. The molecule has 1 aliphatic rings. The van der Waals surface area contributed by atoms with E-state index < -0.39 is 38.7 Å². The van der Waals surface area contributed by atoms with E-state index in [-0.39, 0.29) is 6.42 Å². The number of carbonyl (C=O) groups is 1. The largest absolute Gasteiger partial charge is 0.481 e. The zero-order valence-electron chi connectivity index (χ0n) is 11.0. The number of benzene rings is 1. The smallest absolute Gasteiger partial charge is 0.306 e. The highest BCUT2D eigenvalue weighted by Crippen LogP contribution is 2.27. The minimum Gasteiger partial charge on any atom is -0.481 e. The lowest BCUT2D eigenvalue weighted by Gasteiger charge is -2.13. The number of aryl methyl sites for hydroxylation is 1. The maximum absolute atomic E-state index is 13.6. The number of carboxylic acids is 1. The van der Waals surface area contributed by atoms with Gasteiger partial charge in [0.15, 0.2) is 0 Å². The third-order valence-electron chi connectivity index (χ3n) is 3.48. The van der Waals surface area contributed by atoms with E-state index in [1.165, 1.54) is 12.1 Å². The summed E-state index contributed by atoms with van der Waals surface area (Å²) in [5.41, 5.74) is 0.640. The molecule has 5 nitrogen and oxygen atoms in total. The molecular weight excluding hydrogens is 285 g/mol. The highest BCUT2D eigenvalue weighted by Gasteiger charge is 2.33. The van der Waals surface area contributed by atoms with E-state index in [1.54, 1.807) is 6.92 Å². The minimum absolute atomic E-state index is 0.238. The summed E-state index contributed by atoms with van der Waals surface area (Å²) in [6.45, 7) is 1.68. The standard InChI is InChI=1S/C13H16FNO4S/c1-8-2-5-11(14)12(6-8)20(18,19)15-10-4-3-9(7-10)13(16)17/h2,5-6,9-10,15H,3-4,7H2,1H3,(H,16,17). The van der Waals surface area contributed by atoms with Crippen LogP contribution in [0.3, 0.4) is 0 Å². The van der Waals surface area contributed by atoms with Crippen LogP contribution in [0, 0.1) is 18.7 Å². The van der Waals surface area contributed by atoms with Crippen molar-refractivity contribution in [1.29, 1.82) is 0 Å². The van der Waals surface area contributed by atoms with Crippen LogP contribution in [0.5, 0.6) is 0 Å². The summed E-state index contributed by atoms with van der Waals surface area (Å²) >= 11 is 0. The van der Waals surface area contributed by atoms with Gasteiger partial charge in [-0.2, -0.15) is 0 Å². The Morgan fingerprint density at radius 3 is 2.70 bits per heavy atom. The van der Waals surface area contributed by atoms with Crippen molar-refractivity contribution in [2.45, 2.75) is 37.1 Å². The second kappa shape index (κ2) is 5.49. The topological polar surface area (TPSA) is 83.5 Å². The summed E-state index contributed by atoms with van der Waals surface area (Å²) in [6, 6.07) is 3.41. The molecule has 1 aromatic rings. The SMILES string of the molecule is Cc1ccc(F)c(S(=O)(=O)NC2CCC(C(=O)O)C2)c1. The van der Waals surface area contributed by atoms with Crippen LogP contribution >= 0.6 is 0 Å². The average Bonchev–Trinajstić information content (AvgIpc) is 2.80. The van der Waals surface area contributed by atoms with E-state index >= 15 is 0 Å². The Balaban J connectivity index is 2.16. The summed E-state index contributed by atoms with van der Waals surface area (Å²) in [7, 11) is -3.96. The molecule has 0 radical (unpaired) electrons. The van der Waals surface area contributed by atoms with E-state index in [2.05, 4.69) is 4.72 Å². The first-order chi connectivity index (χ1) is 9.29. The van der Waals surface area contributed by atoms with Gasteiger partial charge in [-0.3, -0.25) is 4.79 Å². The molecule has 1 saturated carbocycles. The molecule has 0 bridgehead atoms. The van der Waals surface area contributed by atoms with Gasteiger partial charge in [-0.1, -0.05) is 6.07 Å². The maximum Gasteiger partial charge on any atom is 0.306 e. The number of hydrogen-bond acceptors (Lipinski definition) is 3. The molecule has 7 heteroatoms. The molecule has 2 N–H and O–H groups in total. The van der Waals surface area contributed by atoms with Crippen molar-refractivity contribution >= 4 is 16.0 Å². The Morgan fingerprint density at radius 1 is 1.40 bits per heavy atom. The number of sulfonamides is 1. The summed E-state index contributed by atoms with van der Waals surface area (Å²) in [6.07, 6.45) is 1.12. The zero-order chi connectivity index (χ0) is 14.9. The van der Waals surface area contributed by atoms with Gasteiger partial charge >= 0.3 is 5.97 Å². The van der Waals surface area contributed by atoms with Gasteiger partial charge in [0.1, 0.15) is 10.7 Å². The summed E-state index contributed by atoms with van der Waals surface area (Å²) in [5, 5.41) is 8.89. The molecule has 0 saturated heterocycles. The molecule has 0 aromatic heterocycles. The molecule has 2 unspecified atom stereocenters. The van der Waals surface area contributed by atoms with Crippen molar-refractivity contribution in [1.82, 2.24) is 4.72 Å². The lowest BCUT2D eigenvalue weighted by Crippen LogP contribution is -2.34. The van der Waals surface area contributed by atoms with Crippen molar-refractivity contribution in [3.05, 3.63) is 29.6 Å². The van der Waals surface area contributed by atoms with Gasteiger partial charge in [0, 0.05) is 6.04 Å². The van der Waals surface area contributed by atoms with Crippen LogP contribution in [0.15, 0.2) is 23.1 Å². The van der Waals surface area contributed by atoms with Crippen molar-refractivity contribution in [2.24, 2.45) is 5.92 Å². The van der Waals surface area contributed by atoms with Crippen LogP contribution in [0.1, 0.15) is 24.8 Å². The number of rotatable bonds is 4. The van der Waals surface area contributed by atoms with Crippen molar-refractivity contribution < 1.29 is 22.7 Å². The van der Waals surface area contributed by atoms with Crippen LogP contribution in [0.25, 0.3) is 0 Å². The molecule has 1 aliphatic carbocycles. The van der Waals surface area contributed by atoms with Gasteiger partial charge < -0.3 is 5.11 Å². The highest BCUT2D eigenvalue weighted by molar-refractivity contribution is 7.89. The summed E-state index contributed by atoms with van der Waals surface area (Å²) in [5.74, 6) is -2.27. The highest BCUT2D eigenvalue weighted by atomic mass is 32.2. The number of hydrogen-bond donors (Lipinski definition) is 2. The van der Waals surface area contributed by atoms with Crippen molar-refractivity contribution in [3.63, 3.8) is 0 Å². The van der Waals surface area contributed by atoms with Crippen LogP contribution in [-0.2, 0) is 14.8 Å². The quantitative estimate of drug-likeness (QED) is 0.886. The average molecular weight is 301 g/mol. The van der Waals surface area contributed by atoms with Crippen LogP contribution in [-0.4, -0.2) is 25.5 Å². The molecule has 0 aliphatic heterocycles. The minimum atomic E-state index is -3.96. The van der Waals surface area contributed by atoms with Crippen molar-refractivity contribution in [3.8, 4) is 0 Å². The van der Waals surface area contributed by atoms with E-state index in [0.717, 1.165) is 6.07 Å². The van der Waals surface area contributed by atoms with Gasteiger partial charge in [-0.25, -0.2) is 17.5 Å². The second-order valence-corrected chi connectivity index (χ2v) is 6.78. The molecule has 2 rings (SSSR count). The van der Waals surface area contributed by atoms with Crippen LogP contribution in [0.4, 0.5) is 4.39 Å². The van der Waals surface area contributed by atoms with E-state index in [1.807, 2.05) is 0 Å². The molecular formula is C13H16FNO4S. The molecule has 110 valence electrons. The van der Waals surface area contributed by atoms with Gasteiger partial charge in [0.05, 0.1) is 5.92 Å². The molecule has 0 spiro atoms. The first-order valence-corrected chi connectivity index (χ1v) is 7.79. The van der Waals surface area contributed by atoms with E-state index in [4.69, 9.17) is 5.11 Å². The first-order valence-electron chi connectivity index (χ1n) is 6.31. The Bertz CT molecular complexity index is 629. The maximum atomic E-state index is 13.6. The normalized spacial score (nSPS) is 22.9. The molecule has 1 fully saturated rings. The Morgan fingerprint density at radius 2 is 2.10 bits per heavy atom. The zero-order valence-corrected chi connectivity index (χ0v) is 11.8. The van der Waals surface area contributed by atoms with E-state index in [0.29, 0.717) is 18.4 Å². The van der Waals surface area contributed by atoms with Gasteiger partial charge in [0.25, 0.3) is 0 Å². The summed E-state index contributed by atoms with van der Waals surface area (Å²) in [4.78, 5) is 10.5. The lowest BCUT2D eigenvalue weighted by atomic mass is 10.1. The Kier molecular flexibility index (Phi) is 4.10. The predicted molar refractivity (Wildman–Crippen MR) is 70.2 cm³/mol. The van der Waals surface area contributed by atoms with Gasteiger partial charge in [-0.05, 0) is 43.9 Å². The van der Waals surface area contributed by atoms with E-state index in [9.17, 15) is 17.6 Å². The third-order valence-corrected chi connectivity index (χ3v) is 5.02. The third kappa shape index (κ3) is 3.16. The van der Waals surface area contributed by atoms with Crippen LogP contribution < -0.4 is 4.72 Å². The monoisotopic (exact) mass is 301 g/mol. The fraction of sp³-hybridized carbons (Fsp3) is 0.462. The van der Waals surface area contributed by atoms with Gasteiger partial charge in [-0.15, -0.1) is 0 Å². The molecule has 0 heterocycles. The predicted octanol–water partition coefficient (Wildman–Crippen LogP) is 1.67. The fourth-order valence-electron chi connectivity index (χ4n) is 2.41. The van der Waals surface area contributed by atoms with Gasteiger partial charge in [0.2, 0.25) is 10.0 Å².